The largest absolute Gasteiger partial charge is 0.392 e. The van der Waals surface area contributed by atoms with Gasteiger partial charge in [-0.1, -0.05) is 37.4 Å². The molecule has 21 heavy (non-hydrogen) atoms. The second kappa shape index (κ2) is 8.62. The normalized spacial score (nSPS) is 13.5. The van der Waals surface area contributed by atoms with Crippen molar-refractivity contribution in [3.05, 3.63) is 48.6 Å². The molecule has 116 valence electrons. The molecule has 0 amide bonds. The molecule has 0 heterocycles. The third-order valence-electron chi connectivity index (χ3n) is 3.03. The van der Waals surface area contributed by atoms with Crippen molar-refractivity contribution < 1.29 is 10.2 Å². The van der Waals surface area contributed by atoms with E-state index in [1.54, 1.807) is 13.8 Å². The molecule has 2 atom stereocenters. The molecule has 0 saturated carbocycles. The SMILES string of the molecule is C=C(CNCC(C)O)c1ccc(C(=C)NCC(C)O)cc1. The zero-order chi connectivity index (χ0) is 15.8. The summed E-state index contributed by atoms with van der Waals surface area (Å²) in [6.07, 6.45) is -0.760. The van der Waals surface area contributed by atoms with Crippen LogP contribution in [0.4, 0.5) is 0 Å². The molecule has 1 aromatic rings. The van der Waals surface area contributed by atoms with Gasteiger partial charge in [-0.3, -0.25) is 0 Å². The summed E-state index contributed by atoms with van der Waals surface area (Å²) >= 11 is 0. The molecule has 4 N–H and O–H groups in total. The Balaban J connectivity index is 2.53. The average Bonchev–Trinajstić information content (AvgIpc) is 2.44. The smallest absolute Gasteiger partial charge is 0.0684 e. The summed E-state index contributed by atoms with van der Waals surface area (Å²) in [4.78, 5) is 0. The molecule has 0 bridgehead atoms. The molecule has 0 aliphatic carbocycles. The standard InChI is InChI=1S/C17H26N2O2/c1-12(9-18-10-13(2)20)16-5-7-17(8-6-16)15(4)19-11-14(3)21/h5-8,13-14,18-21H,1,4,9-11H2,2-3H3. The zero-order valence-electron chi connectivity index (χ0n) is 12.9. The molecule has 4 heteroatoms. The fraction of sp³-hybridized carbons (Fsp3) is 0.412. The van der Waals surface area contributed by atoms with Crippen LogP contribution in [-0.2, 0) is 0 Å². The van der Waals surface area contributed by atoms with E-state index in [9.17, 15) is 10.2 Å². The Morgan fingerprint density at radius 2 is 1.52 bits per heavy atom. The minimum Gasteiger partial charge on any atom is -0.392 e. The summed E-state index contributed by atoms with van der Waals surface area (Å²) in [6, 6.07) is 7.95. The first-order valence-electron chi connectivity index (χ1n) is 7.18. The van der Waals surface area contributed by atoms with Gasteiger partial charge in [-0.2, -0.15) is 0 Å². The molecule has 0 saturated heterocycles. The van der Waals surface area contributed by atoms with Crippen molar-refractivity contribution in [3.8, 4) is 0 Å². The lowest BCUT2D eigenvalue weighted by atomic mass is 10.0. The number of rotatable bonds is 9. The number of benzene rings is 1. The van der Waals surface area contributed by atoms with Crippen LogP contribution in [-0.4, -0.2) is 42.1 Å². The van der Waals surface area contributed by atoms with Crippen molar-refractivity contribution in [3.63, 3.8) is 0 Å². The van der Waals surface area contributed by atoms with Gasteiger partial charge < -0.3 is 20.8 Å². The average molecular weight is 290 g/mol. The Bertz CT molecular complexity index is 464. The second-order valence-electron chi connectivity index (χ2n) is 5.37. The predicted octanol–water partition coefficient (Wildman–Crippen LogP) is 1.61. The van der Waals surface area contributed by atoms with E-state index in [4.69, 9.17) is 0 Å². The minimum absolute atomic E-state index is 0.358. The lowest BCUT2D eigenvalue weighted by Gasteiger charge is -2.13. The van der Waals surface area contributed by atoms with Crippen molar-refractivity contribution in [2.75, 3.05) is 19.6 Å². The number of aliphatic hydroxyl groups excluding tert-OH is 2. The molecular formula is C17H26N2O2. The summed E-state index contributed by atoms with van der Waals surface area (Å²) in [7, 11) is 0. The van der Waals surface area contributed by atoms with Gasteiger partial charge in [-0.25, -0.2) is 0 Å². The number of nitrogens with one attached hydrogen (secondary N) is 2. The monoisotopic (exact) mass is 290 g/mol. The third kappa shape index (κ3) is 6.58. The summed E-state index contributed by atoms with van der Waals surface area (Å²) in [6.45, 7) is 13.2. The third-order valence-corrected chi connectivity index (χ3v) is 3.03. The molecule has 0 radical (unpaired) electrons. The van der Waals surface area contributed by atoms with Crippen LogP contribution in [0.2, 0.25) is 0 Å². The Hall–Kier alpha value is -1.62. The number of hydrogen-bond donors (Lipinski definition) is 4. The van der Waals surface area contributed by atoms with Gasteiger partial charge in [0, 0.05) is 25.3 Å². The maximum Gasteiger partial charge on any atom is 0.0684 e. The number of hydrogen-bond acceptors (Lipinski definition) is 4. The van der Waals surface area contributed by atoms with Crippen molar-refractivity contribution in [1.29, 1.82) is 0 Å². The summed E-state index contributed by atoms with van der Waals surface area (Å²) in [5.41, 5.74) is 3.81. The lowest BCUT2D eigenvalue weighted by molar-refractivity contribution is 0.193. The molecular weight excluding hydrogens is 264 g/mol. The van der Waals surface area contributed by atoms with Crippen molar-refractivity contribution in [2.24, 2.45) is 0 Å². The van der Waals surface area contributed by atoms with E-state index in [-0.39, 0.29) is 6.10 Å². The van der Waals surface area contributed by atoms with Crippen molar-refractivity contribution in [2.45, 2.75) is 26.1 Å². The zero-order valence-corrected chi connectivity index (χ0v) is 12.9. The van der Waals surface area contributed by atoms with Crippen LogP contribution in [0.25, 0.3) is 11.3 Å². The van der Waals surface area contributed by atoms with E-state index in [1.807, 2.05) is 24.3 Å². The van der Waals surface area contributed by atoms with Crippen LogP contribution in [0.5, 0.6) is 0 Å². The highest BCUT2D eigenvalue weighted by Crippen LogP contribution is 2.16. The van der Waals surface area contributed by atoms with Gasteiger partial charge in [0.05, 0.1) is 12.2 Å². The summed E-state index contributed by atoms with van der Waals surface area (Å²) in [5, 5.41) is 24.7. The van der Waals surface area contributed by atoms with Crippen molar-refractivity contribution in [1.82, 2.24) is 10.6 Å². The van der Waals surface area contributed by atoms with E-state index < -0.39 is 6.10 Å². The van der Waals surface area contributed by atoms with Gasteiger partial charge in [-0.05, 0) is 30.5 Å². The lowest BCUT2D eigenvalue weighted by Crippen LogP contribution is -2.25. The molecule has 2 unspecified atom stereocenters. The minimum atomic E-state index is -0.402. The molecule has 4 nitrogen and oxygen atoms in total. The van der Waals surface area contributed by atoms with Crippen LogP contribution < -0.4 is 10.6 Å². The summed E-state index contributed by atoms with van der Waals surface area (Å²) in [5.74, 6) is 0. The molecule has 0 aromatic heterocycles. The molecule has 0 aliphatic heterocycles. The van der Waals surface area contributed by atoms with Crippen LogP contribution in [0.15, 0.2) is 37.4 Å². The highest BCUT2D eigenvalue weighted by atomic mass is 16.3. The second-order valence-corrected chi connectivity index (χ2v) is 5.37. The first kappa shape index (κ1) is 17.4. The first-order chi connectivity index (χ1) is 9.90. The highest BCUT2D eigenvalue weighted by molar-refractivity contribution is 5.68. The maximum atomic E-state index is 9.25. The van der Waals surface area contributed by atoms with E-state index >= 15 is 0 Å². The van der Waals surface area contributed by atoms with E-state index in [0.717, 1.165) is 22.4 Å². The topological polar surface area (TPSA) is 64.5 Å². The fourth-order valence-corrected chi connectivity index (χ4v) is 1.81. The fourth-order valence-electron chi connectivity index (χ4n) is 1.81. The van der Waals surface area contributed by atoms with Crippen LogP contribution in [0, 0.1) is 0 Å². The van der Waals surface area contributed by atoms with Gasteiger partial charge in [-0.15, -0.1) is 0 Å². The van der Waals surface area contributed by atoms with Gasteiger partial charge in [0.15, 0.2) is 0 Å². The Kier molecular flexibility index (Phi) is 7.15. The maximum absolute atomic E-state index is 9.25. The highest BCUT2D eigenvalue weighted by Gasteiger charge is 2.03. The number of aliphatic hydroxyl groups is 2. The van der Waals surface area contributed by atoms with E-state index in [0.29, 0.717) is 19.6 Å². The molecule has 0 aliphatic rings. The Morgan fingerprint density at radius 3 is 2.05 bits per heavy atom. The Morgan fingerprint density at radius 1 is 1.00 bits per heavy atom. The van der Waals surface area contributed by atoms with Gasteiger partial charge >= 0.3 is 0 Å². The Labute approximate surface area is 127 Å². The molecule has 1 rings (SSSR count). The quantitative estimate of drug-likeness (QED) is 0.558. The molecule has 0 fully saturated rings. The van der Waals surface area contributed by atoms with Gasteiger partial charge in [0.2, 0.25) is 0 Å². The van der Waals surface area contributed by atoms with E-state index in [2.05, 4.69) is 23.8 Å². The van der Waals surface area contributed by atoms with Crippen LogP contribution >= 0.6 is 0 Å². The van der Waals surface area contributed by atoms with Crippen LogP contribution in [0.3, 0.4) is 0 Å². The molecule has 1 aromatic carbocycles. The van der Waals surface area contributed by atoms with Crippen molar-refractivity contribution >= 4 is 11.3 Å². The first-order valence-corrected chi connectivity index (χ1v) is 7.18. The van der Waals surface area contributed by atoms with Gasteiger partial charge in [0.1, 0.15) is 0 Å². The molecule has 0 spiro atoms. The van der Waals surface area contributed by atoms with Crippen LogP contribution in [0.1, 0.15) is 25.0 Å². The predicted molar refractivity (Wildman–Crippen MR) is 88.7 cm³/mol. The van der Waals surface area contributed by atoms with Gasteiger partial charge in [0.25, 0.3) is 0 Å². The van der Waals surface area contributed by atoms with E-state index in [1.165, 1.54) is 0 Å². The summed E-state index contributed by atoms with van der Waals surface area (Å²) < 4.78 is 0.